The molecule has 20 heavy (non-hydrogen) atoms. The van der Waals surface area contributed by atoms with E-state index < -0.39 is 0 Å². The fraction of sp³-hybridized carbons (Fsp3) is 0.400. The van der Waals surface area contributed by atoms with Gasteiger partial charge in [0.1, 0.15) is 4.88 Å². The molecule has 106 valence electrons. The van der Waals surface area contributed by atoms with Crippen molar-refractivity contribution in [3.63, 3.8) is 0 Å². The van der Waals surface area contributed by atoms with Crippen molar-refractivity contribution in [1.82, 2.24) is 5.32 Å². The first-order valence-corrected chi connectivity index (χ1v) is 8.03. The number of nitrogens with one attached hydrogen (secondary N) is 1. The number of nitrogen functional groups attached to an aromatic ring is 1. The third-order valence-electron chi connectivity index (χ3n) is 3.67. The smallest absolute Gasteiger partial charge is 0.263 e. The van der Waals surface area contributed by atoms with E-state index in [1.807, 2.05) is 19.1 Å². The Morgan fingerprint density at radius 1 is 1.55 bits per heavy atom. The average molecular weight is 309 g/mol. The van der Waals surface area contributed by atoms with E-state index in [0.29, 0.717) is 15.6 Å². The topological polar surface area (TPSA) is 55.1 Å². The van der Waals surface area contributed by atoms with Gasteiger partial charge in [-0.2, -0.15) is 0 Å². The van der Waals surface area contributed by atoms with Crippen LogP contribution in [0.25, 0.3) is 10.1 Å². The predicted octanol–water partition coefficient (Wildman–Crippen LogP) is 4.06. The molecule has 3 rings (SSSR count). The largest absolute Gasteiger partial charge is 0.397 e. The van der Waals surface area contributed by atoms with Gasteiger partial charge in [-0.3, -0.25) is 4.79 Å². The monoisotopic (exact) mass is 308 g/mol. The first-order valence-electron chi connectivity index (χ1n) is 6.83. The number of hydrogen-bond acceptors (Lipinski definition) is 3. The van der Waals surface area contributed by atoms with E-state index in [1.54, 1.807) is 6.07 Å². The number of benzene rings is 1. The first kappa shape index (κ1) is 13.7. The Morgan fingerprint density at radius 2 is 2.30 bits per heavy atom. The van der Waals surface area contributed by atoms with Crippen LogP contribution in [0.4, 0.5) is 5.69 Å². The standard InChI is InChI=1S/C15H17ClN2OS/c1-8(7-9-5-6-9)18-15(19)14-13(17)12-10(16)3-2-4-11(12)20-14/h2-4,8-9H,5-7,17H2,1H3,(H,18,19). The van der Waals surface area contributed by atoms with Crippen molar-refractivity contribution in [2.24, 2.45) is 5.92 Å². The van der Waals surface area contributed by atoms with Crippen molar-refractivity contribution in [1.29, 1.82) is 0 Å². The van der Waals surface area contributed by atoms with Crippen molar-refractivity contribution in [3.8, 4) is 0 Å². The van der Waals surface area contributed by atoms with Crippen LogP contribution in [-0.2, 0) is 0 Å². The minimum Gasteiger partial charge on any atom is -0.397 e. The molecule has 1 aliphatic carbocycles. The summed E-state index contributed by atoms with van der Waals surface area (Å²) in [4.78, 5) is 12.9. The lowest BCUT2D eigenvalue weighted by Gasteiger charge is -2.12. The molecule has 1 fully saturated rings. The number of carbonyl (C=O) groups excluding carboxylic acids is 1. The summed E-state index contributed by atoms with van der Waals surface area (Å²) in [6.07, 6.45) is 3.64. The van der Waals surface area contributed by atoms with Gasteiger partial charge >= 0.3 is 0 Å². The summed E-state index contributed by atoms with van der Waals surface area (Å²) in [5.41, 5.74) is 6.59. The molecule has 0 saturated heterocycles. The summed E-state index contributed by atoms with van der Waals surface area (Å²) in [5.74, 6) is 0.701. The van der Waals surface area contributed by atoms with Crippen LogP contribution in [-0.4, -0.2) is 11.9 Å². The molecule has 0 aliphatic heterocycles. The number of thiophene rings is 1. The fourth-order valence-corrected chi connectivity index (χ4v) is 3.88. The summed E-state index contributed by atoms with van der Waals surface area (Å²) in [6, 6.07) is 5.80. The van der Waals surface area contributed by atoms with E-state index in [9.17, 15) is 4.79 Å². The van der Waals surface area contributed by atoms with Gasteiger partial charge in [0.25, 0.3) is 5.91 Å². The highest BCUT2D eigenvalue weighted by Gasteiger charge is 2.25. The summed E-state index contributed by atoms with van der Waals surface area (Å²) in [7, 11) is 0. The Hall–Kier alpha value is -1.26. The second-order valence-electron chi connectivity index (χ2n) is 5.51. The van der Waals surface area contributed by atoms with Crippen LogP contribution in [0, 0.1) is 5.92 Å². The van der Waals surface area contributed by atoms with Crippen LogP contribution in [0.2, 0.25) is 5.02 Å². The molecule has 1 aromatic carbocycles. The quantitative estimate of drug-likeness (QED) is 0.895. The molecule has 2 aromatic rings. The zero-order valence-electron chi connectivity index (χ0n) is 11.3. The van der Waals surface area contributed by atoms with E-state index in [0.717, 1.165) is 22.4 Å². The maximum absolute atomic E-state index is 12.3. The van der Waals surface area contributed by atoms with Crippen molar-refractivity contribution in [3.05, 3.63) is 28.1 Å². The second kappa shape index (κ2) is 5.26. The van der Waals surface area contributed by atoms with Gasteiger partial charge in [0.15, 0.2) is 0 Å². The molecule has 5 heteroatoms. The Bertz CT molecular complexity index is 663. The molecule has 1 unspecified atom stereocenters. The molecular formula is C15H17ClN2OS. The molecule has 0 radical (unpaired) electrons. The second-order valence-corrected chi connectivity index (χ2v) is 6.97. The van der Waals surface area contributed by atoms with Crippen LogP contribution in [0.3, 0.4) is 0 Å². The van der Waals surface area contributed by atoms with Gasteiger partial charge in [-0.15, -0.1) is 11.3 Å². The summed E-state index contributed by atoms with van der Waals surface area (Å²) >= 11 is 7.56. The highest BCUT2D eigenvalue weighted by atomic mass is 35.5. The summed E-state index contributed by atoms with van der Waals surface area (Å²) in [6.45, 7) is 2.05. The van der Waals surface area contributed by atoms with E-state index in [-0.39, 0.29) is 11.9 Å². The van der Waals surface area contributed by atoms with E-state index in [1.165, 1.54) is 24.2 Å². The molecule has 0 bridgehead atoms. The van der Waals surface area contributed by atoms with Gasteiger partial charge in [-0.25, -0.2) is 0 Å². The molecule has 0 spiro atoms. The lowest BCUT2D eigenvalue weighted by Crippen LogP contribution is -2.32. The first-order chi connectivity index (χ1) is 9.56. The van der Waals surface area contributed by atoms with Crippen LogP contribution in [0.1, 0.15) is 35.9 Å². The average Bonchev–Trinajstić information content (AvgIpc) is 3.12. The lowest BCUT2D eigenvalue weighted by atomic mass is 10.1. The molecule has 1 atom stereocenters. The normalized spacial score (nSPS) is 16.3. The van der Waals surface area contributed by atoms with E-state index >= 15 is 0 Å². The number of fused-ring (bicyclic) bond motifs is 1. The summed E-state index contributed by atoms with van der Waals surface area (Å²) in [5, 5.41) is 4.43. The lowest BCUT2D eigenvalue weighted by molar-refractivity contribution is 0.0942. The molecule has 1 amide bonds. The van der Waals surface area contributed by atoms with Gasteiger partial charge in [-0.1, -0.05) is 30.5 Å². The molecule has 1 aromatic heterocycles. The summed E-state index contributed by atoms with van der Waals surface area (Å²) < 4.78 is 0.954. The third-order valence-corrected chi connectivity index (χ3v) is 5.15. The van der Waals surface area contributed by atoms with Gasteiger partial charge in [0.05, 0.1) is 10.7 Å². The number of rotatable bonds is 4. The zero-order chi connectivity index (χ0) is 14.3. The van der Waals surface area contributed by atoms with Crippen molar-refractivity contribution in [2.45, 2.75) is 32.2 Å². The van der Waals surface area contributed by atoms with E-state index in [2.05, 4.69) is 5.32 Å². The third kappa shape index (κ3) is 2.63. The molecule has 1 aliphatic rings. The van der Waals surface area contributed by atoms with Crippen LogP contribution in [0.15, 0.2) is 18.2 Å². The number of nitrogens with two attached hydrogens (primary N) is 1. The molecule has 1 saturated carbocycles. The number of halogens is 1. The Labute approximate surface area is 127 Å². The number of hydrogen-bond donors (Lipinski definition) is 2. The van der Waals surface area contributed by atoms with Gasteiger partial charge in [-0.05, 0) is 31.4 Å². The zero-order valence-corrected chi connectivity index (χ0v) is 12.9. The fourth-order valence-electron chi connectivity index (χ4n) is 2.50. The Balaban J connectivity index is 1.83. The van der Waals surface area contributed by atoms with Crippen molar-refractivity contribution in [2.75, 3.05) is 5.73 Å². The van der Waals surface area contributed by atoms with Gasteiger partial charge in [0.2, 0.25) is 0 Å². The predicted molar refractivity (Wildman–Crippen MR) is 85.5 cm³/mol. The molecular weight excluding hydrogens is 292 g/mol. The highest BCUT2D eigenvalue weighted by Crippen LogP contribution is 2.38. The maximum Gasteiger partial charge on any atom is 0.263 e. The minimum absolute atomic E-state index is 0.0899. The van der Waals surface area contributed by atoms with Gasteiger partial charge in [0, 0.05) is 16.1 Å². The Morgan fingerprint density at radius 3 is 2.95 bits per heavy atom. The minimum atomic E-state index is -0.0899. The maximum atomic E-state index is 12.3. The molecule has 3 nitrogen and oxygen atoms in total. The van der Waals surface area contributed by atoms with Gasteiger partial charge < -0.3 is 11.1 Å². The molecule has 1 heterocycles. The number of anilines is 1. The van der Waals surface area contributed by atoms with Crippen molar-refractivity contribution >= 4 is 44.6 Å². The van der Waals surface area contributed by atoms with Crippen LogP contribution in [0.5, 0.6) is 0 Å². The number of amides is 1. The van der Waals surface area contributed by atoms with E-state index in [4.69, 9.17) is 17.3 Å². The highest BCUT2D eigenvalue weighted by molar-refractivity contribution is 7.21. The van der Waals surface area contributed by atoms with Crippen LogP contribution >= 0.6 is 22.9 Å². The SMILES string of the molecule is CC(CC1CC1)NC(=O)c1sc2cccc(Cl)c2c1N. The van der Waals surface area contributed by atoms with Crippen LogP contribution < -0.4 is 11.1 Å². The number of carbonyl (C=O) groups is 1. The Kier molecular flexibility index (Phi) is 3.61. The van der Waals surface area contributed by atoms with Crippen molar-refractivity contribution < 1.29 is 4.79 Å². The molecule has 3 N–H and O–H groups in total.